The summed E-state index contributed by atoms with van der Waals surface area (Å²) in [7, 11) is 0. The minimum atomic E-state index is -4.70. The lowest BCUT2D eigenvalue weighted by Crippen LogP contribution is -2.26. The van der Waals surface area contributed by atoms with Crippen molar-refractivity contribution in [3.05, 3.63) is 53.2 Å². The van der Waals surface area contributed by atoms with Crippen LogP contribution in [0.5, 0.6) is 11.6 Å². The van der Waals surface area contributed by atoms with Crippen LogP contribution in [0.25, 0.3) is 0 Å². The normalized spacial score (nSPS) is 14.9. The van der Waals surface area contributed by atoms with Crippen LogP contribution < -0.4 is 10.1 Å². The van der Waals surface area contributed by atoms with E-state index in [9.17, 15) is 23.1 Å². The number of aromatic hydroxyl groups is 1. The van der Waals surface area contributed by atoms with Gasteiger partial charge in [-0.05, 0) is 55.5 Å². The molecular weight excluding hydrogens is 361 g/mol. The molecule has 0 aliphatic heterocycles. The molecule has 2 aromatic rings. The van der Waals surface area contributed by atoms with Crippen molar-refractivity contribution in [3.8, 4) is 11.6 Å². The lowest BCUT2D eigenvalue weighted by Gasteiger charge is -2.14. The number of alkyl halides is 3. The highest BCUT2D eigenvalue weighted by atomic mass is 19.4. The molecule has 1 amide bonds. The molecule has 27 heavy (non-hydrogen) atoms. The summed E-state index contributed by atoms with van der Waals surface area (Å²) < 4.78 is 45.0. The minimum Gasteiger partial charge on any atom is -0.508 e. The largest absolute Gasteiger partial charge is 0.508 e. The van der Waals surface area contributed by atoms with Gasteiger partial charge in [-0.3, -0.25) is 4.79 Å². The molecule has 1 aliphatic carbocycles. The third-order valence-electron chi connectivity index (χ3n) is 4.40. The summed E-state index contributed by atoms with van der Waals surface area (Å²) in [4.78, 5) is 16.4. The molecule has 0 spiro atoms. The Bertz CT molecular complexity index is 818. The van der Waals surface area contributed by atoms with Crippen molar-refractivity contribution in [1.82, 2.24) is 10.3 Å². The van der Waals surface area contributed by atoms with Gasteiger partial charge in [0, 0.05) is 18.8 Å². The average Bonchev–Trinajstić information content (AvgIpc) is 3.12. The number of nitrogens with one attached hydrogen (secondary N) is 1. The fraction of sp³-hybridized carbons (Fsp3) is 0.368. The summed E-state index contributed by atoms with van der Waals surface area (Å²) in [6.45, 7) is 0.00926. The molecule has 1 aliphatic rings. The average molecular weight is 380 g/mol. The van der Waals surface area contributed by atoms with Crippen molar-refractivity contribution in [2.24, 2.45) is 0 Å². The van der Waals surface area contributed by atoms with Crippen LogP contribution in [0, 0.1) is 0 Å². The Morgan fingerprint density at radius 1 is 1.22 bits per heavy atom. The van der Waals surface area contributed by atoms with Crippen LogP contribution in [0.15, 0.2) is 36.5 Å². The van der Waals surface area contributed by atoms with E-state index in [4.69, 9.17) is 4.74 Å². The Morgan fingerprint density at radius 3 is 2.67 bits per heavy atom. The maximum Gasteiger partial charge on any atom is 0.417 e. The number of ether oxygens (including phenoxy) is 1. The molecule has 1 aromatic carbocycles. The molecule has 0 atom stereocenters. The fourth-order valence-electron chi connectivity index (χ4n) is 3.05. The standard InChI is InChI=1S/C19H19F3N2O3/c20-19(21,22)16-6-5-13(25)10-15(16)18(26)24-11-12-7-8-23-17(9-12)27-14-3-1-2-4-14/h5-10,14,25H,1-4,11H2,(H,24,26). The summed E-state index contributed by atoms with van der Waals surface area (Å²) in [6.07, 6.45) is 1.14. The quantitative estimate of drug-likeness (QED) is 0.821. The Kier molecular flexibility index (Phi) is 5.53. The number of aromatic nitrogens is 1. The molecule has 2 N–H and O–H groups in total. The summed E-state index contributed by atoms with van der Waals surface area (Å²) >= 11 is 0. The number of phenolic OH excluding ortho intramolecular Hbond substituents is 1. The van der Waals surface area contributed by atoms with Gasteiger partial charge in [-0.2, -0.15) is 13.2 Å². The van der Waals surface area contributed by atoms with Crippen LogP contribution in [0.4, 0.5) is 13.2 Å². The second-order valence-corrected chi connectivity index (χ2v) is 6.44. The van der Waals surface area contributed by atoms with Crippen LogP contribution in [0.1, 0.15) is 47.2 Å². The fourth-order valence-corrected chi connectivity index (χ4v) is 3.05. The highest BCUT2D eigenvalue weighted by molar-refractivity contribution is 5.96. The number of benzene rings is 1. The zero-order valence-electron chi connectivity index (χ0n) is 14.4. The highest BCUT2D eigenvalue weighted by Gasteiger charge is 2.35. The maximum absolute atomic E-state index is 13.1. The van der Waals surface area contributed by atoms with Crippen molar-refractivity contribution in [2.45, 2.75) is 44.5 Å². The lowest BCUT2D eigenvalue weighted by molar-refractivity contribution is -0.137. The predicted molar refractivity (Wildman–Crippen MR) is 91.4 cm³/mol. The van der Waals surface area contributed by atoms with Gasteiger partial charge in [0.15, 0.2) is 0 Å². The van der Waals surface area contributed by atoms with Gasteiger partial charge in [0.05, 0.1) is 11.1 Å². The van der Waals surface area contributed by atoms with Gasteiger partial charge in [0.2, 0.25) is 5.88 Å². The number of halogens is 3. The van der Waals surface area contributed by atoms with E-state index >= 15 is 0 Å². The first kappa shape index (κ1) is 19.0. The predicted octanol–water partition coefficient (Wildman–Crippen LogP) is 4.06. The summed E-state index contributed by atoms with van der Waals surface area (Å²) in [5, 5.41) is 11.9. The summed E-state index contributed by atoms with van der Waals surface area (Å²) in [5.74, 6) is -0.903. The molecule has 1 saturated carbocycles. The monoisotopic (exact) mass is 380 g/mol. The van der Waals surface area contributed by atoms with Crippen LogP contribution in [0.3, 0.4) is 0 Å². The molecule has 0 bridgehead atoms. The Labute approximate surface area is 154 Å². The van der Waals surface area contributed by atoms with Gasteiger partial charge < -0.3 is 15.2 Å². The molecule has 144 valence electrons. The van der Waals surface area contributed by atoms with Crippen LogP contribution in [0.2, 0.25) is 0 Å². The van der Waals surface area contributed by atoms with Crippen molar-refractivity contribution in [3.63, 3.8) is 0 Å². The number of pyridine rings is 1. The van der Waals surface area contributed by atoms with Crippen LogP contribution in [-0.4, -0.2) is 22.1 Å². The molecular formula is C19H19F3N2O3. The molecule has 0 unspecified atom stereocenters. The second kappa shape index (κ2) is 7.85. The van der Waals surface area contributed by atoms with E-state index in [1.54, 1.807) is 12.1 Å². The smallest absolute Gasteiger partial charge is 0.417 e. The highest BCUT2D eigenvalue weighted by Crippen LogP contribution is 2.33. The van der Waals surface area contributed by atoms with Crippen molar-refractivity contribution >= 4 is 5.91 Å². The number of rotatable bonds is 5. The van der Waals surface area contributed by atoms with E-state index in [2.05, 4.69) is 10.3 Å². The Balaban J connectivity index is 1.68. The van der Waals surface area contributed by atoms with Gasteiger partial charge in [-0.15, -0.1) is 0 Å². The van der Waals surface area contributed by atoms with Crippen molar-refractivity contribution in [1.29, 1.82) is 0 Å². The third kappa shape index (κ3) is 4.90. The van der Waals surface area contributed by atoms with E-state index in [0.29, 0.717) is 17.5 Å². The number of amides is 1. The maximum atomic E-state index is 13.1. The van der Waals surface area contributed by atoms with E-state index in [1.165, 1.54) is 6.20 Å². The van der Waals surface area contributed by atoms with Crippen LogP contribution >= 0.6 is 0 Å². The second-order valence-electron chi connectivity index (χ2n) is 6.44. The first-order chi connectivity index (χ1) is 12.8. The van der Waals surface area contributed by atoms with Crippen molar-refractivity contribution in [2.75, 3.05) is 0 Å². The summed E-state index contributed by atoms with van der Waals surface area (Å²) in [6, 6.07) is 5.69. The molecule has 8 heteroatoms. The summed E-state index contributed by atoms with van der Waals surface area (Å²) in [5.41, 5.74) is -1.07. The van der Waals surface area contributed by atoms with Gasteiger partial charge in [0.1, 0.15) is 11.9 Å². The number of carbonyl (C=O) groups excluding carboxylic acids is 1. The topological polar surface area (TPSA) is 71.5 Å². The molecule has 3 rings (SSSR count). The molecule has 5 nitrogen and oxygen atoms in total. The van der Waals surface area contributed by atoms with Gasteiger partial charge in [0.25, 0.3) is 5.91 Å². The van der Waals surface area contributed by atoms with Gasteiger partial charge >= 0.3 is 6.18 Å². The Hall–Kier alpha value is -2.77. The lowest BCUT2D eigenvalue weighted by atomic mass is 10.1. The number of hydrogen-bond donors (Lipinski definition) is 2. The number of nitrogens with zero attached hydrogens (tertiary/aromatic N) is 1. The third-order valence-corrected chi connectivity index (χ3v) is 4.40. The first-order valence-electron chi connectivity index (χ1n) is 8.63. The molecule has 0 radical (unpaired) electrons. The zero-order valence-corrected chi connectivity index (χ0v) is 14.4. The number of hydrogen-bond acceptors (Lipinski definition) is 4. The molecule has 1 aromatic heterocycles. The molecule has 1 fully saturated rings. The van der Waals surface area contributed by atoms with E-state index in [-0.39, 0.29) is 12.6 Å². The molecule has 1 heterocycles. The van der Waals surface area contributed by atoms with Crippen molar-refractivity contribution < 1.29 is 27.8 Å². The van der Waals surface area contributed by atoms with E-state index in [0.717, 1.165) is 37.8 Å². The van der Waals surface area contributed by atoms with Gasteiger partial charge in [-0.1, -0.05) is 0 Å². The first-order valence-corrected chi connectivity index (χ1v) is 8.63. The van der Waals surface area contributed by atoms with Gasteiger partial charge in [-0.25, -0.2) is 4.98 Å². The molecule has 0 saturated heterocycles. The number of carbonyl (C=O) groups is 1. The minimum absolute atomic E-state index is 0.00926. The van der Waals surface area contributed by atoms with Crippen LogP contribution in [-0.2, 0) is 12.7 Å². The Morgan fingerprint density at radius 2 is 1.96 bits per heavy atom. The number of phenols is 1. The van der Waals surface area contributed by atoms with E-state index < -0.39 is 29.0 Å². The SMILES string of the molecule is O=C(NCc1ccnc(OC2CCCC2)c1)c1cc(O)ccc1C(F)(F)F. The zero-order chi connectivity index (χ0) is 19.4. The van der Waals surface area contributed by atoms with E-state index in [1.807, 2.05) is 0 Å².